The van der Waals surface area contributed by atoms with Crippen LogP contribution < -0.4 is 4.74 Å². The number of esters is 1. The number of unbranched alkanes of at least 4 members (excludes halogenated alkanes) is 2. The van der Waals surface area contributed by atoms with Crippen LogP contribution in [0, 0.1) is 10.1 Å². The van der Waals surface area contributed by atoms with Gasteiger partial charge in [0.05, 0.1) is 18.6 Å². The lowest BCUT2D eigenvalue weighted by Gasteiger charge is -2.17. The molecule has 1 rings (SSSR count). The summed E-state index contributed by atoms with van der Waals surface area (Å²) in [6.45, 7) is 5.29. The van der Waals surface area contributed by atoms with Crippen LogP contribution in [0.1, 0.15) is 51.5 Å². The van der Waals surface area contributed by atoms with E-state index in [4.69, 9.17) is 14.2 Å². The van der Waals surface area contributed by atoms with Gasteiger partial charge in [-0.2, -0.15) is 0 Å². The molecule has 0 saturated heterocycles. The van der Waals surface area contributed by atoms with Crippen LogP contribution in [0.3, 0.4) is 0 Å². The number of rotatable bonds is 15. The highest BCUT2D eigenvalue weighted by atomic mass is 16.7. The number of methoxy groups -OCH3 is 1. The molecule has 0 radical (unpaired) electrons. The van der Waals surface area contributed by atoms with Gasteiger partial charge in [0.2, 0.25) is 0 Å². The Hall–Kier alpha value is -2.19. The SMILES string of the molecule is CCOC(CCc1cc(OCCCCCC(=O)OC)ccc1[N+](=O)[O-])OCC. The molecule has 0 fully saturated rings. The monoisotopic (exact) mass is 397 g/mol. The highest BCUT2D eigenvalue weighted by molar-refractivity contribution is 5.68. The van der Waals surface area contributed by atoms with Gasteiger partial charge in [-0.3, -0.25) is 14.9 Å². The normalized spacial score (nSPS) is 10.9. The average molecular weight is 397 g/mol. The minimum absolute atomic E-state index is 0.0668. The lowest BCUT2D eigenvalue weighted by Crippen LogP contribution is -2.18. The second kappa shape index (κ2) is 13.9. The van der Waals surface area contributed by atoms with Gasteiger partial charge >= 0.3 is 5.97 Å². The van der Waals surface area contributed by atoms with Gasteiger partial charge in [-0.1, -0.05) is 0 Å². The summed E-state index contributed by atoms with van der Waals surface area (Å²) in [6, 6.07) is 4.79. The summed E-state index contributed by atoms with van der Waals surface area (Å²) in [5.41, 5.74) is 0.662. The topological polar surface area (TPSA) is 97.1 Å². The molecule has 158 valence electrons. The Morgan fingerprint density at radius 3 is 2.46 bits per heavy atom. The number of carbonyl (C=O) groups is 1. The number of carbonyl (C=O) groups excluding carboxylic acids is 1. The lowest BCUT2D eigenvalue weighted by molar-refractivity contribution is -0.385. The molecule has 0 aliphatic carbocycles. The number of nitro groups is 1. The molecular formula is C20H31NO7. The first-order valence-corrected chi connectivity index (χ1v) is 9.71. The fraction of sp³-hybridized carbons (Fsp3) is 0.650. The van der Waals surface area contributed by atoms with Crippen LogP contribution >= 0.6 is 0 Å². The predicted octanol–water partition coefficient (Wildman–Crippen LogP) is 4.04. The van der Waals surface area contributed by atoms with Crippen LogP contribution in [0.5, 0.6) is 5.75 Å². The molecule has 28 heavy (non-hydrogen) atoms. The van der Waals surface area contributed by atoms with Crippen LogP contribution in [0.4, 0.5) is 5.69 Å². The van der Waals surface area contributed by atoms with Gasteiger partial charge < -0.3 is 18.9 Å². The standard InChI is InChI=1S/C20H31NO7/c1-4-26-20(27-5-2)13-10-16-15-17(11-12-18(16)21(23)24)28-14-8-6-7-9-19(22)25-3/h11-12,15,20H,4-10,13-14H2,1-3H3. The molecule has 8 heteroatoms. The molecule has 0 N–H and O–H groups in total. The molecule has 0 aromatic heterocycles. The summed E-state index contributed by atoms with van der Waals surface area (Å²) in [7, 11) is 1.38. The van der Waals surface area contributed by atoms with E-state index in [2.05, 4.69) is 4.74 Å². The van der Waals surface area contributed by atoms with Crippen LogP contribution in [-0.2, 0) is 25.4 Å². The first-order chi connectivity index (χ1) is 13.5. The first-order valence-electron chi connectivity index (χ1n) is 9.71. The van der Waals surface area contributed by atoms with E-state index in [9.17, 15) is 14.9 Å². The Morgan fingerprint density at radius 2 is 1.86 bits per heavy atom. The Kier molecular flexibility index (Phi) is 11.8. The van der Waals surface area contributed by atoms with Crippen molar-refractivity contribution in [2.75, 3.05) is 26.9 Å². The number of hydrogen-bond donors (Lipinski definition) is 0. The van der Waals surface area contributed by atoms with E-state index in [0.717, 1.165) is 19.3 Å². The van der Waals surface area contributed by atoms with Crippen molar-refractivity contribution in [2.24, 2.45) is 0 Å². The Balaban J connectivity index is 2.58. The van der Waals surface area contributed by atoms with Crippen molar-refractivity contribution < 1.29 is 28.7 Å². The molecular weight excluding hydrogens is 366 g/mol. The summed E-state index contributed by atoms with van der Waals surface area (Å²) in [6.07, 6.45) is 3.39. The molecule has 0 heterocycles. The maximum atomic E-state index is 11.3. The quantitative estimate of drug-likeness (QED) is 0.145. The zero-order valence-electron chi connectivity index (χ0n) is 17.0. The molecule has 1 aromatic carbocycles. The summed E-state index contributed by atoms with van der Waals surface area (Å²) < 4.78 is 21.3. The zero-order chi connectivity index (χ0) is 20.8. The van der Waals surface area contributed by atoms with E-state index in [0.29, 0.717) is 50.4 Å². The van der Waals surface area contributed by atoms with Crippen LogP contribution in [0.25, 0.3) is 0 Å². The molecule has 0 bridgehead atoms. The van der Waals surface area contributed by atoms with Gasteiger partial charge in [0.25, 0.3) is 5.69 Å². The smallest absolute Gasteiger partial charge is 0.305 e. The van der Waals surface area contributed by atoms with Gasteiger partial charge in [0, 0.05) is 37.7 Å². The highest BCUT2D eigenvalue weighted by Crippen LogP contribution is 2.26. The highest BCUT2D eigenvalue weighted by Gasteiger charge is 2.17. The van der Waals surface area contributed by atoms with Crippen molar-refractivity contribution in [3.63, 3.8) is 0 Å². The first kappa shape index (κ1) is 23.8. The summed E-state index contributed by atoms with van der Waals surface area (Å²) >= 11 is 0. The van der Waals surface area contributed by atoms with E-state index < -0.39 is 0 Å². The van der Waals surface area contributed by atoms with Crippen LogP contribution in [0.15, 0.2) is 18.2 Å². The lowest BCUT2D eigenvalue weighted by atomic mass is 10.1. The minimum Gasteiger partial charge on any atom is -0.494 e. The number of hydrogen-bond acceptors (Lipinski definition) is 7. The van der Waals surface area contributed by atoms with Gasteiger partial charge in [-0.15, -0.1) is 0 Å². The van der Waals surface area contributed by atoms with Gasteiger partial charge in [-0.05, 0) is 51.7 Å². The van der Waals surface area contributed by atoms with Gasteiger partial charge in [0.1, 0.15) is 5.75 Å². The molecule has 0 atom stereocenters. The summed E-state index contributed by atoms with van der Waals surface area (Å²) in [5, 5.41) is 11.3. The number of benzene rings is 1. The molecule has 0 spiro atoms. The van der Waals surface area contributed by atoms with Gasteiger partial charge in [-0.25, -0.2) is 0 Å². The summed E-state index contributed by atoms with van der Waals surface area (Å²) in [4.78, 5) is 22.0. The minimum atomic E-state index is -0.387. The van der Waals surface area contributed by atoms with E-state index in [1.165, 1.54) is 13.2 Å². The third-order valence-corrected chi connectivity index (χ3v) is 4.12. The third-order valence-electron chi connectivity index (χ3n) is 4.12. The van der Waals surface area contributed by atoms with Crippen molar-refractivity contribution in [2.45, 2.75) is 58.7 Å². The largest absolute Gasteiger partial charge is 0.494 e. The average Bonchev–Trinajstić information content (AvgIpc) is 2.68. The van der Waals surface area contributed by atoms with Crippen LogP contribution in [0.2, 0.25) is 0 Å². The second-order valence-corrected chi connectivity index (χ2v) is 6.16. The molecule has 0 aliphatic heterocycles. The predicted molar refractivity (Wildman–Crippen MR) is 104 cm³/mol. The molecule has 0 saturated carbocycles. The van der Waals surface area contributed by atoms with Crippen molar-refractivity contribution in [1.82, 2.24) is 0 Å². The maximum Gasteiger partial charge on any atom is 0.305 e. The Morgan fingerprint density at radius 1 is 1.14 bits per heavy atom. The number of nitro benzene ring substituents is 1. The van der Waals surface area contributed by atoms with E-state index >= 15 is 0 Å². The van der Waals surface area contributed by atoms with E-state index in [-0.39, 0.29) is 22.9 Å². The molecule has 0 aliphatic rings. The number of ether oxygens (including phenoxy) is 4. The van der Waals surface area contributed by atoms with Crippen molar-refractivity contribution >= 4 is 11.7 Å². The Labute approximate surface area is 166 Å². The fourth-order valence-corrected chi connectivity index (χ4v) is 2.73. The molecule has 1 aromatic rings. The van der Waals surface area contributed by atoms with Gasteiger partial charge in [0.15, 0.2) is 6.29 Å². The molecule has 0 unspecified atom stereocenters. The Bertz CT molecular complexity index is 600. The van der Waals surface area contributed by atoms with Crippen molar-refractivity contribution in [3.05, 3.63) is 33.9 Å². The van der Waals surface area contributed by atoms with E-state index in [1.54, 1.807) is 12.1 Å². The van der Waals surface area contributed by atoms with Crippen molar-refractivity contribution in [1.29, 1.82) is 0 Å². The zero-order valence-corrected chi connectivity index (χ0v) is 17.0. The third kappa shape index (κ3) is 9.14. The fourth-order valence-electron chi connectivity index (χ4n) is 2.73. The van der Waals surface area contributed by atoms with Crippen molar-refractivity contribution in [3.8, 4) is 5.75 Å². The maximum absolute atomic E-state index is 11.3. The van der Waals surface area contributed by atoms with E-state index in [1.807, 2.05) is 13.8 Å². The molecule has 8 nitrogen and oxygen atoms in total. The number of aryl methyl sites for hydroxylation is 1. The number of nitrogens with zero attached hydrogens (tertiary/aromatic N) is 1. The molecule has 0 amide bonds. The van der Waals surface area contributed by atoms with Crippen LogP contribution in [-0.4, -0.2) is 44.1 Å². The summed E-state index contributed by atoms with van der Waals surface area (Å²) in [5.74, 6) is 0.385. The second-order valence-electron chi connectivity index (χ2n) is 6.16.